The van der Waals surface area contributed by atoms with E-state index in [-0.39, 0.29) is 0 Å². The molecule has 0 amide bonds. The van der Waals surface area contributed by atoms with Gasteiger partial charge in [0.2, 0.25) is 0 Å². The van der Waals surface area contributed by atoms with Gasteiger partial charge in [0.05, 0.1) is 0 Å². The topological polar surface area (TPSA) is 3.88 Å². The van der Waals surface area contributed by atoms with E-state index in [1.165, 1.54) is 69.9 Å². The molecule has 0 saturated heterocycles. The Hall–Kier alpha value is -0.850. The van der Waals surface area contributed by atoms with Crippen molar-refractivity contribution in [1.29, 1.82) is 0 Å². The molecule has 1 aromatic rings. The van der Waals surface area contributed by atoms with Crippen molar-refractivity contribution in [3.05, 3.63) is 30.1 Å². The molecule has 1 heteroatoms. The average Bonchev–Trinajstić information content (AvgIpc) is 2.41. The van der Waals surface area contributed by atoms with E-state index in [1.807, 2.05) is 0 Å². The summed E-state index contributed by atoms with van der Waals surface area (Å²) in [4.78, 5) is 0. The van der Waals surface area contributed by atoms with Crippen LogP contribution < -0.4 is 4.57 Å². The molecule has 0 bridgehead atoms. The molecule has 1 aromatic heterocycles. The molecule has 1 nitrogen and oxygen atoms in total. The zero-order valence-electron chi connectivity index (χ0n) is 12.3. The summed E-state index contributed by atoms with van der Waals surface area (Å²) >= 11 is 0. The molecule has 0 spiro atoms. The van der Waals surface area contributed by atoms with E-state index in [9.17, 15) is 0 Å². The second-order valence-electron chi connectivity index (χ2n) is 5.32. The van der Waals surface area contributed by atoms with Crippen molar-refractivity contribution in [3.8, 4) is 0 Å². The van der Waals surface area contributed by atoms with E-state index in [2.05, 4.69) is 42.9 Å². The van der Waals surface area contributed by atoms with Crippen molar-refractivity contribution in [2.75, 3.05) is 0 Å². The normalized spacial score (nSPS) is 10.8. The number of hydrogen-bond acceptors (Lipinski definition) is 0. The van der Waals surface area contributed by atoms with Gasteiger partial charge in [-0.3, -0.25) is 0 Å². The minimum absolute atomic E-state index is 1.19. The van der Waals surface area contributed by atoms with Gasteiger partial charge in [-0.15, -0.1) is 0 Å². The molecule has 0 aliphatic carbocycles. The maximum absolute atomic E-state index is 2.37. The Bertz CT molecular complexity index is 306. The van der Waals surface area contributed by atoms with Gasteiger partial charge in [-0.25, -0.2) is 4.57 Å². The van der Waals surface area contributed by atoms with Crippen LogP contribution in [0.3, 0.4) is 0 Å². The van der Waals surface area contributed by atoms with Crippen LogP contribution in [0.2, 0.25) is 0 Å². The highest BCUT2D eigenvalue weighted by Gasteiger charge is 2.02. The number of aryl methyl sites for hydroxylation is 2. The molecule has 0 fully saturated rings. The summed E-state index contributed by atoms with van der Waals surface area (Å²) in [6, 6.07) is 4.45. The first-order chi connectivity index (χ1) is 8.86. The van der Waals surface area contributed by atoms with Gasteiger partial charge in [0.25, 0.3) is 0 Å². The molecule has 0 aliphatic heterocycles. The number of unbranched alkanes of at least 4 members (excludes halogenated alkanes) is 6. The van der Waals surface area contributed by atoms with E-state index in [1.54, 1.807) is 0 Å². The van der Waals surface area contributed by atoms with Gasteiger partial charge in [-0.05, 0) is 25.3 Å². The Morgan fingerprint density at radius 2 is 1.61 bits per heavy atom. The molecule has 1 rings (SSSR count). The van der Waals surface area contributed by atoms with Crippen LogP contribution in [0, 0.1) is 0 Å². The molecule has 0 radical (unpaired) electrons. The number of aromatic nitrogens is 1. The second kappa shape index (κ2) is 10.1. The van der Waals surface area contributed by atoms with Gasteiger partial charge in [0.1, 0.15) is 6.54 Å². The molecular weight excluding hydrogens is 218 g/mol. The van der Waals surface area contributed by atoms with Crippen LogP contribution in [0.15, 0.2) is 24.5 Å². The molecule has 0 atom stereocenters. The SMILES string of the molecule is CCCCCCCC[n+]1cccc(CCCC)c1. The molecular formula is C17H30N+. The van der Waals surface area contributed by atoms with Gasteiger partial charge >= 0.3 is 0 Å². The Labute approximate surface area is 113 Å². The minimum Gasteiger partial charge on any atom is -0.205 e. The van der Waals surface area contributed by atoms with E-state index < -0.39 is 0 Å². The highest BCUT2D eigenvalue weighted by atomic mass is 14.9. The van der Waals surface area contributed by atoms with Crippen molar-refractivity contribution < 1.29 is 4.57 Å². The fraction of sp³-hybridized carbons (Fsp3) is 0.706. The van der Waals surface area contributed by atoms with Crippen LogP contribution >= 0.6 is 0 Å². The third-order valence-corrected chi connectivity index (χ3v) is 3.51. The van der Waals surface area contributed by atoms with E-state index in [0.29, 0.717) is 0 Å². The van der Waals surface area contributed by atoms with Gasteiger partial charge in [0.15, 0.2) is 12.4 Å². The summed E-state index contributed by atoms with van der Waals surface area (Å²) < 4.78 is 2.37. The van der Waals surface area contributed by atoms with E-state index >= 15 is 0 Å². The van der Waals surface area contributed by atoms with Crippen LogP contribution in [0.1, 0.15) is 70.8 Å². The van der Waals surface area contributed by atoms with Crippen LogP contribution in [0.4, 0.5) is 0 Å². The lowest BCUT2D eigenvalue weighted by Crippen LogP contribution is -2.33. The minimum atomic E-state index is 1.19. The lowest BCUT2D eigenvalue weighted by atomic mass is 10.1. The van der Waals surface area contributed by atoms with Crippen LogP contribution in [0.25, 0.3) is 0 Å². The predicted molar refractivity (Wildman–Crippen MR) is 78.6 cm³/mol. The van der Waals surface area contributed by atoms with E-state index in [0.717, 1.165) is 0 Å². The summed E-state index contributed by atoms with van der Waals surface area (Å²) in [6.07, 6.45) is 16.6. The molecule has 0 N–H and O–H groups in total. The fourth-order valence-electron chi connectivity index (χ4n) is 2.32. The summed E-state index contributed by atoms with van der Waals surface area (Å²) in [5.74, 6) is 0. The molecule has 0 unspecified atom stereocenters. The van der Waals surface area contributed by atoms with Crippen molar-refractivity contribution in [1.82, 2.24) is 0 Å². The largest absolute Gasteiger partial charge is 0.205 e. The third kappa shape index (κ3) is 6.78. The van der Waals surface area contributed by atoms with Gasteiger partial charge in [-0.1, -0.05) is 46.0 Å². The third-order valence-electron chi connectivity index (χ3n) is 3.51. The molecule has 0 saturated carbocycles. The Balaban J connectivity index is 2.20. The van der Waals surface area contributed by atoms with Crippen LogP contribution in [-0.2, 0) is 13.0 Å². The predicted octanol–water partition coefficient (Wildman–Crippen LogP) is 4.68. The van der Waals surface area contributed by atoms with E-state index in [4.69, 9.17) is 0 Å². The Morgan fingerprint density at radius 3 is 2.39 bits per heavy atom. The maximum atomic E-state index is 2.37. The lowest BCUT2D eigenvalue weighted by molar-refractivity contribution is -0.697. The summed E-state index contributed by atoms with van der Waals surface area (Å²) in [6.45, 7) is 5.72. The lowest BCUT2D eigenvalue weighted by Gasteiger charge is -2.01. The maximum Gasteiger partial charge on any atom is 0.171 e. The number of rotatable bonds is 10. The van der Waals surface area contributed by atoms with Crippen LogP contribution in [0.5, 0.6) is 0 Å². The van der Waals surface area contributed by atoms with Gasteiger partial charge in [0, 0.05) is 18.1 Å². The van der Waals surface area contributed by atoms with Crippen molar-refractivity contribution in [2.45, 2.75) is 78.2 Å². The average molecular weight is 248 g/mol. The van der Waals surface area contributed by atoms with Crippen LogP contribution in [-0.4, -0.2) is 0 Å². The molecule has 18 heavy (non-hydrogen) atoms. The summed E-state index contributed by atoms with van der Waals surface area (Å²) in [5, 5.41) is 0. The molecule has 0 aliphatic rings. The van der Waals surface area contributed by atoms with Gasteiger partial charge in [-0.2, -0.15) is 0 Å². The standard InChI is InChI=1S/C17H30N/c1-3-5-7-8-9-10-14-18-15-11-13-17(16-18)12-6-4-2/h11,13,15-16H,3-10,12,14H2,1-2H3/q+1. The molecule has 0 aromatic carbocycles. The summed E-state index contributed by atoms with van der Waals surface area (Å²) in [5.41, 5.74) is 1.49. The Morgan fingerprint density at radius 1 is 0.889 bits per heavy atom. The highest BCUT2D eigenvalue weighted by molar-refractivity contribution is 5.05. The first kappa shape index (κ1) is 15.2. The highest BCUT2D eigenvalue weighted by Crippen LogP contribution is 2.05. The number of hydrogen-bond donors (Lipinski definition) is 0. The number of pyridine rings is 1. The van der Waals surface area contributed by atoms with Crippen molar-refractivity contribution in [3.63, 3.8) is 0 Å². The fourth-order valence-corrected chi connectivity index (χ4v) is 2.32. The van der Waals surface area contributed by atoms with Gasteiger partial charge < -0.3 is 0 Å². The second-order valence-corrected chi connectivity index (χ2v) is 5.32. The monoisotopic (exact) mass is 248 g/mol. The first-order valence-electron chi connectivity index (χ1n) is 7.84. The molecule has 102 valence electrons. The first-order valence-corrected chi connectivity index (χ1v) is 7.84. The smallest absolute Gasteiger partial charge is 0.171 e. The molecule has 1 heterocycles. The summed E-state index contributed by atoms with van der Waals surface area (Å²) in [7, 11) is 0. The quantitative estimate of drug-likeness (QED) is 0.418. The van der Waals surface area contributed by atoms with Crippen molar-refractivity contribution in [2.24, 2.45) is 0 Å². The number of nitrogens with zero attached hydrogens (tertiary/aromatic N) is 1. The Kier molecular flexibility index (Phi) is 8.54. The van der Waals surface area contributed by atoms with Crippen molar-refractivity contribution >= 4 is 0 Å². The zero-order valence-corrected chi connectivity index (χ0v) is 12.3. The zero-order chi connectivity index (χ0) is 13.1.